The molecule has 0 aliphatic carbocycles. The van der Waals surface area contributed by atoms with Gasteiger partial charge in [-0.3, -0.25) is 9.88 Å². The van der Waals surface area contributed by atoms with Crippen LogP contribution in [-0.2, 0) is 6.54 Å². The first-order valence-corrected chi connectivity index (χ1v) is 11.7. The van der Waals surface area contributed by atoms with E-state index in [4.69, 9.17) is 5.73 Å². The van der Waals surface area contributed by atoms with E-state index in [1.165, 1.54) is 5.56 Å². The largest absolute Gasteiger partial charge is 0.328 e. The van der Waals surface area contributed by atoms with Crippen LogP contribution in [0.15, 0.2) is 85.2 Å². The highest BCUT2D eigenvalue weighted by Gasteiger charge is 2.16. The van der Waals surface area contributed by atoms with Crippen molar-refractivity contribution < 1.29 is 4.79 Å². The lowest BCUT2D eigenvalue weighted by molar-refractivity contribution is 0.206. The van der Waals surface area contributed by atoms with Crippen LogP contribution in [0.25, 0.3) is 21.9 Å². The molecule has 1 fully saturated rings. The summed E-state index contributed by atoms with van der Waals surface area (Å²) in [6.07, 6.45) is 5.91. The Morgan fingerprint density at radius 1 is 0.912 bits per heavy atom. The molecule has 4 aromatic rings. The van der Waals surface area contributed by atoms with Crippen LogP contribution >= 0.6 is 0 Å². The van der Waals surface area contributed by atoms with Gasteiger partial charge in [-0.05, 0) is 72.8 Å². The molecule has 6 nitrogen and oxygen atoms in total. The topological polar surface area (TPSA) is 83.3 Å². The number of benzene rings is 3. The number of piperidine rings is 1. The number of hydrogen-bond donors (Lipinski definition) is 3. The summed E-state index contributed by atoms with van der Waals surface area (Å²) in [5.74, 6) is 0. The van der Waals surface area contributed by atoms with Crippen molar-refractivity contribution in [2.24, 2.45) is 5.73 Å². The number of pyridine rings is 1. The molecule has 3 aromatic carbocycles. The van der Waals surface area contributed by atoms with Crippen molar-refractivity contribution in [3.8, 4) is 11.1 Å². The van der Waals surface area contributed by atoms with Gasteiger partial charge >= 0.3 is 6.03 Å². The van der Waals surface area contributed by atoms with Crippen molar-refractivity contribution in [1.82, 2.24) is 9.88 Å². The van der Waals surface area contributed by atoms with Gasteiger partial charge in [0.05, 0.1) is 0 Å². The average Bonchev–Trinajstić information content (AvgIpc) is 2.86. The highest BCUT2D eigenvalue weighted by atomic mass is 16.2. The summed E-state index contributed by atoms with van der Waals surface area (Å²) in [6.45, 7) is 3.01. The number of fused-ring (bicyclic) bond motifs is 1. The summed E-state index contributed by atoms with van der Waals surface area (Å²) in [7, 11) is 0. The molecule has 0 atom stereocenters. The highest BCUT2D eigenvalue weighted by Crippen LogP contribution is 2.30. The molecule has 0 unspecified atom stereocenters. The predicted octanol–water partition coefficient (Wildman–Crippen LogP) is 5.47. The number of hydrogen-bond acceptors (Lipinski definition) is 4. The van der Waals surface area contributed by atoms with Crippen LogP contribution in [0.1, 0.15) is 18.4 Å². The lowest BCUT2D eigenvalue weighted by Crippen LogP contribution is -2.39. The van der Waals surface area contributed by atoms with Gasteiger partial charge in [0.1, 0.15) is 0 Å². The molecule has 1 aliphatic heterocycles. The Kier molecular flexibility index (Phi) is 6.51. The molecule has 34 heavy (non-hydrogen) atoms. The zero-order valence-corrected chi connectivity index (χ0v) is 19.1. The summed E-state index contributed by atoms with van der Waals surface area (Å²) < 4.78 is 0. The molecule has 4 N–H and O–H groups in total. The number of amides is 2. The Hall–Kier alpha value is -3.74. The fourth-order valence-corrected chi connectivity index (χ4v) is 4.49. The molecule has 0 bridgehead atoms. The van der Waals surface area contributed by atoms with E-state index in [0.717, 1.165) is 65.8 Å². The molecule has 1 aromatic heterocycles. The summed E-state index contributed by atoms with van der Waals surface area (Å²) in [5.41, 5.74) is 10.9. The van der Waals surface area contributed by atoms with Gasteiger partial charge in [0.25, 0.3) is 0 Å². The van der Waals surface area contributed by atoms with Gasteiger partial charge in [0, 0.05) is 47.3 Å². The molecular formula is C28H29N5O. The molecule has 2 amide bonds. The lowest BCUT2D eigenvalue weighted by Gasteiger charge is -2.30. The third-order valence-corrected chi connectivity index (χ3v) is 6.33. The Bertz CT molecular complexity index is 1280. The van der Waals surface area contributed by atoms with E-state index in [0.29, 0.717) is 6.04 Å². The highest BCUT2D eigenvalue weighted by molar-refractivity contribution is 6.01. The molecule has 0 saturated carbocycles. The van der Waals surface area contributed by atoms with Crippen molar-refractivity contribution in [2.45, 2.75) is 25.4 Å². The molecule has 2 heterocycles. The number of carbonyl (C=O) groups excluding carboxylic acids is 1. The van der Waals surface area contributed by atoms with Crippen molar-refractivity contribution in [3.05, 3.63) is 90.8 Å². The van der Waals surface area contributed by atoms with Crippen molar-refractivity contribution in [3.63, 3.8) is 0 Å². The van der Waals surface area contributed by atoms with Gasteiger partial charge in [-0.15, -0.1) is 0 Å². The van der Waals surface area contributed by atoms with Gasteiger partial charge in [-0.2, -0.15) is 0 Å². The third-order valence-electron chi connectivity index (χ3n) is 6.33. The number of anilines is 2. The molecular weight excluding hydrogens is 422 g/mol. The average molecular weight is 452 g/mol. The van der Waals surface area contributed by atoms with Gasteiger partial charge in [0.15, 0.2) is 0 Å². The summed E-state index contributed by atoms with van der Waals surface area (Å²) in [4.78, 5) is 19.4. The Labute approximate surface area is 199 Å². The quantitative estimate of drug-likeness (QED) is 0.376. The minimum Gasteiger partial charge on any atom is -0.328 e. The Morgan fingerprint density at radius 2 is 1.68 bits per heavy atom. The second-order valence-corrected chi connectivity index (χ2v) is 8.88. The SMILES string of the molecule is NC1CCN(Cc2ccc3cncc(-c4cccc(NC(=O)Nc5ccccc5)c4)c3c2)CC1. The minimum absolute atomic E-state index is 0.275. The van der Waals surface area contributed by atoms with Crippen LogP contribution in [0.5, 0.6) is 0 Å². The molecule has 0 radical (unpaired) electrons. The second-order valence-electron chi connectivity index (χ2n) is 8.88. The maximum absolute atomic E-state index is 12.4. The van der Waals surface area contributed by atoms with E-state index in [-0.39, 0.29) is 6.03 Å². The normalized spacial score (nSPS) is 14.7. The van der Waals surface area contributed by atoms with E-state index in [1.807, 2.05) is 60.9 Å². The fraction of sp³-hybridized carbons (Fsp3) is 0.214. The Balaban J connectivity index is 1.37. The van der Waals surface area contributed by atoms with Crippen LogP contribution in [0, 0.1) is 0 Å². The maximum Gasteiger partial charge on any atom is 0.323 e. The maximum atomic E-state index is 12.4. The molecule has 172 valence electrons. The molecule has 0 spiro atoms. The molecule has 1 saturated heterocycles. The molecule has 6 heteroatoms. The van der Waals surface area contributed by atoms with Gasteiger partial charge < -0.3 is 16.4 Å². The number of para-hydroxylation sites is 1. The van der Waals surface area contributed by atoms with Crippen LogP contribution in [-0.4, -0.2) is 35.0 Å². The van der Waals surface area contributed by atoms with E-state index in [2.05, 4.69) is 44.8 Å². The van der Waals surface area contributed by atoms with E-state index in [1.54, 1.807) is 0 Å². The molecule has 1 aliphatic rings. The smallest absolute Gasteiger partial charge is 0.323 e. The minimum atomic E-state index is -0.275. The number of likely N-dealkylation sites (tertiary alicyclic amines) is 1. The van der Waals surface area contributed by atoms with Crippen molar-refractivity contribution >= 4 is 28.2 Å². The van der Waals surface area contributed by atoms with E-state index >= 15 is 0 Å². The first-order chi connectivity index (χ1) is 16.6. The zero-order chi connectivity index (χ0) is 23.3. The monoisotopic (exact) mass is 451 g/mol. The second kappa shape index (κ2) is 10.0. The van der Waals surface area contributed by atoms with Crippen LogP contribution in [0.2, 0.25) is 0 Å². The zero-order valence-electron chi connectivity index (χ0n) is 19.1. The van der Waals surface area contributed by atoms with Crippen LogP contribution in [0.3, 0.4) is 0 Å². The standard InChI is InChI=1S/C28H29N5O/c29-23-11-13-33(14-12-23)19-20-9-10-22-17-30-18-27(26(22)15-20)21-5-4-8-25(16-21)32-28(34)31-24-6-2-1-3-7-24/h1-10,15-18,23H,11-14,19,29H2,(H2,31,32,34). The number of nitrogens with one attached hydrogen (secondary N) is 2. The number of rotatable bonds is 5. The first kappa shape index (κ1) is 22.1. The number of aromatic nitrogens is 1. The summed E-state index contributed by atoms with van der Waals surface area (Å²) in [6, 6.07) is 23.9. The third kappa shape index (κ3) is 5.25. The van der Waals surface area contributed by atoms with Crippen LogP contribution < -0.4 is 16.4 Å². The Morgan fingerprint density at radius 3 is 2.50 bits per heavy atom. The first-order valence-electron chi connectivity index (χ1n) is 11.7. The van der Waals surface area contributed by atoms with Gasteiger partial charge in [-0.1, -0.05) is 42.5 Å². The number of nitrogens with zero attached hydrogens (tertiary/aromatic N) is 2. The van der Waals surface area contributed by atoms with Gasteiger partial charge in [-0.25, -0.2) is 4.79 Å². The van der Waals surface area contributed by atoms with Gasteiger partial charge in [0.2, 0.25) is 0 Å². The lowest BCUT2D eigenvalue weighted by atomic mass is 9.98. The van der Waals surface area contributed by atoms with Crippen LogP contribution in [0.4, 0.5) is 16.2 Å². The summed E-state index contributed by atoms with van der Waals surface area (Å²) in [5, 5.41) is 8.04. The van der Waals surface area contributed by atoms with Crippen molar-refractivity contribution in [2.75, 3.05) is 23.7 Å². The predicted molar refractivity (Wildman–Crippen MR) is 139 cm³/mol. The van der Waals surface area contributed by atoms with E-state index in [9.17, 15) is 4.79 Å². The van der Waals surface area contributed by atoms with E-state index < -0.39 is 0 Å². The molecule has 5 rings (SSSR count). The number of nitrogens with two attached hydrogens (primary N) is 1. The number of carbonyl (C=O) groups is 1. The van der Waals surface area contributed by atoms with Crippen molar-refractivity contribution in [1.29, 1.82) is 0 Å². The number of urea groups is 1. The fourth-order valence-electron chi connectivity index (χ4n) is 4.49. The summed E-state index contributed by atoms with van der Waals surface area (Å²) >= 11 is 0.